The van der Waals surface area contributed by atoms with E-state index in [1.807, 2.05) is 25.1 Å². The van der Waals surface area contributed by atoms with Gasteiger partial charge in [0.15, 0.2) is 0 Å². The maximum Gasteiger partial charge on any atom is 0.102 e. The normalized spacial score (nSPS) is 12.6. The summed E-state index contributed by atoms with van der Waals surface area (Å²) < 4.78 is 15.5. The molecule has 1 N–H and O–H groups in total. The molecule has 0 aliphatic heterocycles. The fraction of sp³-hybridized carbons (Fsp3) is 0.600. The first kappa shape index (κ1) is 16.1. The van der Waals surface area contributed by atoms with Gasteiger partial charge in [-0.1, -0.05) is 18.2 Å². The summed E-state index contributed by atoms with van der Waals surface area (Å²) in [7, 11) is 1.64. The minimum atomic E-state index is -0.585. The zero-order valence-corrected chi connectivity index (χ0v) is 12.0. The van der Waals surface area contributed by atoms with E-state index in [9.17, 15) is 5.11 Å². The van der Waals surface area contributed by atoms with E-state index in [1.165, 1.54) is 11.1 Å². The van der Waals surface area contributed by atoms with Crippen LogP contribution in [0.15, 0.2) is 18.2 Å². The zero-order valence-electron chi connectivity index (χ0n) is 12.0. The lowest BCUT2D eigenvalue weighted by Gasteiger charge is -2.13. The molecule has 0 radical (unpaired) electrons. The molecule has 1 atom stereocenters. The van der Waals surface area contributed by atoms with Crippen molar-refractivity contribution in [2.75, 3.05) is 40.1 Å². The van der Waals surface area contributed by atoms with E-state index in [4.69, 9.17) is 14.2 Å². The average molecular weight is 268 g/mol. The molecule has 0 aromatic heterocycles. The Hall–Kier alpha value is -0.940. The summed E-state index contributed by atoms with van der Waals surface area (Å²) >= 11 is 0. The zero-order chi connectivity index (χ0) is 14.1. The van der Waals surface area contributed by atoms with Crippen molar-refractivity contribution in [1.82, 2.24) is 0 Å². The smallest absolute Gasteiger partial charge is 0.102 e. The first-order chi connectivity index (χ1) is 9.15. The lowest BCUT2D eigenvalue weighted by molar-refractivity contribution is -0.00591. The van der Waals surface area contributed by atoms with E-state index in [1.54, 1.807) is 7.11 Å². The Morgan fingerprint density at radius 3 is 2.37 bits per heavy atom. The van der Waals surface area contributed by atoms with Crippen molar-refractivity contribution < 1.29 is 19.3 Å². The Bertz CT molecular complexity index is 365. The third-order valence-electron chi connectivity index (χ3n) is 3.00. The van der Waals surface area contributed by atoms with Crippen molar-refractivity contribution in [3.05, 3.63) is 34.9 Å². The Morgan fingerprint density at radius 2 is 1.68 bits per heavy atom. The van der Waals surface area contributed by atoms with Gasteiger partial charge in [-0.05, 0) is 30.5 Å². The predicted molar refractivity (Wildman–Crippen MR) is 74.4 cm³/mol. The summed E-state index contributed by atoms with van der Waals surface area (Å²) in [6.07, 6.45) is -0.585. The minimum absolute atomic E-state index is 0.288. The Balaban J connectivity index is 2.20. The minimum Gasteiger partial charge on any atom is -0.386 e. The third-order valence-corrected chi connectivity index (χ3v) is 3.00. The molecule has 0 aliphatic carbocycles. The Kier molecular flexibility index (Phi) is 7.67. The third kappa shape index (κ3) is 6.16. The van der Waals surface area contributed by atoms with Crippen LogP contribution in [0.3, 0.4) is 0 Å². The molecule has 0 spiro atoms. The molecule has 0 saturated heterocycles. The van der Waals surface area contributed by atoms with E-state index < -0.39 is 6.10 Å². The molecule has 1 unspecified atom stereocenters. The summed E-state index contributed by atoms with van der Waals surface area (Å²) in [5.41, 5.74) is 3.30. The van der Waals surface area contributed by atoms with Gasteiger partial charge in [0.1, 0.15) is 6.10 Å². The van der Waals surface area contributed by atoms with Gasteiger partial charge in [0, 0.05) is 7.11 Å². The van der Waals surface area contributed by atoms with Crippen molar-refractivity contribution in [1.29, 1.82) is 0 Å². The fourth-order valence-corrected chi connectivity index (χ4v) is 1.63. The van der Waals surface area contributed by atoms with Crippen molar-refractivity contribution in [2.24, 2.45) is 0 Å². The van der Waals surface area contributed by atoms with Crippen LogP contribution in [0.1, 0.15) is 22.8 Å². The van der Waals surface area contributed by atoms with Crippen LogP contribution in [0.2, 0.25) is 0 Å². The SMILES string of the molecule is COCCOCCOCC(O)c1ccc(C)c(C)c1. The maximum absolute atomic E-state index is 9.99. The number of hydrogen-bond acceptors (Lipinski definition) is 4. The molecule has 0 saturated carbocycles. The highest BCUT2D eigenvalue weighted by molar-refractivity contribution is 5.31. The lowest BCUT2D eigenvalue weighted by Crippen LogP contribution is -2.12. The van der Waals surface area contributed by atoms with Gasteiger partial charge in [-0.15, -0.1) is 0 Å². The summed E-state index contributed by atoms with van der Waals surface area (Å²) in [4.78, 5) is 0. The van der Waals surface area contributed by atoms with E-state index in [0.717, 1.165) is 5.56 Å². The largest absolute Gasteiger partial charge is 0.386 e. The van der Waals surface area contributed by atoms with Gasteiger partial charge in [-0.25, -0.2) is 0 Å². The molecule has 0 amide bonds. The highest BCUT2D eigenvalue weighted by Gasteiger charge is 2.08. The molecule has 19 heavy (non-hydrogen) atoms. The molecule has 0 aliphatic rings. The van der Waals surface area contributed by atoms with E-state index in [2.05, 4.69) is 6.92 Å². The van der Waals surface area contributed by atoms with Crippen LogP contribution in [-0.4, -0.2) is 45.3 Å². The maximum atomic E-state index is 9.99. The van der Waals surface area contributed by atoms with Crippen LogP contribution in [0.5, 0.6) is 0 Å². The predicted octanol–water partition coefficient (Wildman–Crippen LogP) is 2.02. The second kappa shape index (κ2) is 9.04. The van der Waals surface area contributed by atoms with Crippen LogP contribution < -0.4 is 0 Å². The second-order valence-electron chi connectivity index (χ2n) is 4.54. The first-order valence-corrected chi connectivity index (χ1v) is 6.54. The summed E-state index contributed by atoms with van der Waals surface area (Å²) in [6.45, 7) is 6.53. The number of ether oxygens (including phenoxy) is 3. The molecule has 0 heterocycles. The monoisotopic (exact) mass is 268 g/mol. The van der Waals surface area contributed by atoms with Crippen molar-refractivity contribution in [3.63, 3.8) is 0 Å². The molecule has 1 rings (SSSR count). The van der Waals surface area contributed by atoms with Crippen molar-refractivity contribution in [3.8, 4) is 0 Å². The number of aliphatic hydroxyl groups excluding tert-OH is 1. The van der Waals surface area contributed by atoms with Gasteiger partial charge in [0.05, 0.1) is 33.0 Å². The second-order valence-corrected chi connectivity index (χ2v) is 4.54. The highest BCUT2D eigenvalue weighted by atomic mass is 16.5. The molecule has 0 fully saturated rings. The number of methoxy groups -OCH3 is 1. The van der Waals surface area contributed by atoms with Crippen LogP contribution in [0.4, 0.5) is 0 Å². The summed E-state index contributed by atoms with van der Waals surface area (Å²) in [6, 6.07) is 5.95. The number of aliphatic hydroxyl groups is 1. The Labute approximate surface area is 115 Å². The number of hydrogen-bond donors (Lipinski definition) is 1. The van der Waals surface area contributed by atoms with Gasteiger partial charge in [-0.3, -0.25) is 0 Å². The molecule has 4 nitrogen and oxygen atoms in total. The van der Waals surface area contributed by atoms with Gasteiger partial charge in [0.25, 0.3) is 0 Å². The molecule has 108 valence electrons. The van der Waals surface area contributed by atoms with Crippen LogP contribution >= 0.6 is 0 Å². The topological polar surface area (TPSA) is 47.9 Å². The molecular formula is C15H24O4. The highest BCUT2D eigenvalue weighted by Crippen LogP contribution is 2.17. The molecule has 1 aromatic carbocycles. The van der Waals surface area contributed by atoms with Crippen molar-refractivity contribution in [2.45, 2.75) is 20.0 Å². The molecular weight excluding hydrogens is 244 g/mol. The standard InChI is InChI=1S/C15H24O4/c1-12-4-5-14(10-13(12)2)15(16)11-19-9-8-18-7-6-17-3/h4-5,10,15-16H,6-9,11H2,1-3H3. The van der Waals surface area contributed by atoms with Crippen LogP contribution in [0, 0.1) is 13.8 Å². The number of benzene rings is 1. The number of aryl methyl sites for hydroxylation is 2. The molecule has 0 bridgehead atoms. The lowest BCUT2D eigenvalue weighted by atomic mass is 10.0. The first-order valence-electron chi connectivity index (χ1n) is 6.54. The fourth-order valence-electron chi connectivity index (χ4n) is 1.63. The quantitative estimate of drug-likeness (QED) is 0.696. The Morgan fingerprint density at radius 1 is 1.00 bits per heavy atom. The molecule has 1 aromatic rings. The summed E-state index contributed by atoms with van der Waals surface area (Å²) in [5.74, 6) is 0. The van der Waals surface area contributed by atoms with Crippen LogP contribution in [0.25, 0.3) is 0 Å². The summed E-state index contributed by atoms with van der Waals surface area (Å²) in [5, 5.41) is 9.99. The van der Waals surface area contributed by atoms with E-state index in [0.29, 0.717) is 26.4 Å². The number of rotatable bonds is 9. The van der Waals surface area contributed by atoms with E-state index >= 15 is 0 Å². The van der Waals surface area contributed by atoms with Crippen molar-refractivity contribution >= 4 is 0 Å². The average Bonchev–Trinajstić information content (AvgIpc) is 2.40. The van der Waals surface area contributed by atoms with Crippen LogP contribution in [-0.2, 0) is 14.2 Å². The van der Waals surface area contributed by atoms with Gasteiger partial charge >= 0.3 is 0 Å². The van der Waals surface area contributed by atoms with Gasteiger partial charge in [0.2, 0.25) is 0 Å². The van der Waals surface area contributed by atoms with Gasteiger partial charge in [-0.2, -0.15) is 0 Å². The molecule has 4 heteroatoms. The van der Waals surface area contributed by atoms with E-state index in [-0.39, 0.29) is 6.61 Å². The van der Waals surface area contributed by atoms with Gasteiger partial charge < -0.3 is 19.3 Å².